The van der Waals surface area contributed by atoms with Gasteiger partial charge in [-0.15, -0.1) is 24.0 Å². The van der Waals surface area contributed by atoms with E-state index in [2.05, 4.69) is 12.6 Å². The molecule has 2 aromatic rings. The number of rotatable bonds is 1. The van der Waals surface area contributed by atoms with Crippen molar-refractivity contribution in [1.29, 1.82) is 0 Å². The van der Waals surface area contributed by atoms with E-state index in [4.69, 9.17) is 0 Å². The third-order valence-electron chi connectivity index (χ3n) is 1.93. The smallest absolute Gasteiger partial charge is 0.205 e. The summed E-state index contributed by atoms with van der Waals surface area (Å²) in [6, 6.07) is 3.56. The molecule has 1 aromatic heterocycles. The van der Waals surface area contributed by atoms with Crippen molar-refractivity contribution in [3.05, 3.63) is 26.6 Å². The average Bonchev–Trinajstić information content (AvgIpc) is 2.52. The van der Waals surface area contributed by atoms with E-state index in [1.165, 1.54) is 11.3 Å². The number of thiophene rings is 1. The predicted molar refractivity (Wildman–Crippen MR) is 66.8 cm³/mol. The number of alkyl halides is 2. The monoisotopic (exact) mass is 342 g/mol. The Morgan fingerprint density at radius 3 is 2.79 bits per heavy atom. The van der Waals surface area contributed by atoms with Crippen molar-refractivity contribution in [2.45, 2.75) is 11.3 Å². The Balaban J connectivity index is 2.86. The third-order valence-corrected chi connectivity index (χ3v) is 4.74. The van der Waals surface area contributed by atoms with Gasteiger partial charge in [-0.25, -0.2) is 8.78 Å². The highest BCUT2D eigenvalue weighted by molar-refractivity contribution is 14.1. The molecular formula is C9H5F2IS2. The Labute approximate surface area is 103 Å². The van der Waals surface area contributed by atoms with Crippen LogP contribution in [0.25, 0.3) is 10.1 Å². The quantitative estimate of drug-likeness (QED) is 0.562. The minimum Gasteiger partial charge on any atom is -0.205 e. The molecule has 0 nitrogen and oxygen atoms in total. The molecule has 74 valence electrons. The molecule has 0 spiro atoms. The number of hydrogen-bond acceptors (Lipinski definition) is 2. The van der Waals surface area contributed by atoms with Crippen LogP contribution in [0.3, 0.4) is 0 Å². The van der Waals surface area contributed by atoms with E-state index in [-0.39, 0.29) is 5.56 Å². The molecule has 1 aromatic carbocycles. The van der Waals surface area contributed by atoms with Crippen molar-refractivity contribution in [1.82, 2.24) is 0 Å². The topological polar surface area (TPSA) is 0 Å². The highest BCUT2D eigenvalue weighted by Gasteiger charge is 2.18. The molecule has 0 saturated heterocycles. The van der Waals surface area contributed by atoms with E-state index >= 15 is 0 Å². The molecule has 14 heavy (non-hydrogen) atoms. The Kier molecular flexibility index (Phi) is 2.99. The molecule has 0 amide bonds. The van der Waals surface area contributed by atoms with Gasteiger partial charge in [0.25, 0.3) is 6.43 Å². The first kappa shape index (κ1) is 10.6. The lowest BCUT2D eigenvalue weighted by atomic mass is 10.1. The maximum atomic E-state index is 12.8. The van der Waals surface area contributed by atoms with Gasteiger partial charge < -0.3 is 0 Å². The molecular weight excluding hydrogens is 337 g/mol. The van der Waals surface area contributed by atoms with E-state index in [9.17, 15) is 8.78 Å². The summed E-state index contributed by atoms with van der Waals surface area (Å²) in [6.45, 7) is 0. The van der Waals surface area contributed by atoms with Crippen molar-refractivity contribution in [3.8, 4) is 0 Å². The highest BCUT2D eigenvalue weighted by Crippen LogP contribution is 2.37. The van der Waals surface area contributed by atoms with Crippen molar-refractivity contribution < 1.29 is 8.78 Å². The molecule has 0 aliphatic heterocycles. The average molecular weight is 342 g/mol. The molecule has 5 heteroatoms. The van der Waals surface area contributed by atoms with Gasteiger partial charge in [-0.3, -0.25) is 0 Å². The second-order valence-electron chi connectivity index (χ2n) is 2.76. The standard InChI is InChI=1S/C9H5F2IS2/c10-9(11)7-4-1-2-14-6(4)3-5(13)8(7)12/h1-3,9,13H. The van der Waals surface area contributed by atoms with E-state index in [0.717, 1.165) is 4.70 Å². The summed E-state index contributed by atoms with van der Waals surface area (Å²) in [5.41, 5.74) is 0.106. The van der Waals surface area contributed by atoms with Crippen LogP contribution in [0.2, 0.25) is 0 Å². The number of fused-ring (bicyclic) bond motifs is 1. The lowest BCUT2D eigenvalue weighted by Gasteiger charge is -2.07. The van der Waals surface area contributed by atoms with Crippen LogP contribution in [0.1, 0.15) is 12.0 Å². The molecule has 0 radical (unpaired) electrons. The van der Waals surface area contributed by atoms with Crippen LogP contribution in [0.4, 0.5) is 8.78 Å². The zero-order valence-corrected chi connectivity index (χ0v) is 10.7. The molecule has 1 heterocycles. The second-order valence-corrected chi connectivity index (χ2v) is 5.26. The summed E-state index contributed by atoms with van der Waals surface area (Å²) in [7, 11) is 0. The first-order valence-electron chi connectivity index (χ1n) is 3.78. The number of hydrogen-bond donors (Lipinski definition) is 1. The maximum Gasteiger partial charge on any atom is 0.265 e. The molecule has 0 fully saturated rings. The van der Waals surface area contributed by atoms with Crippen LogP contribution < -0.4 is 0 Å². The highest BCUT2D eigenvalue weighted by atomic mass is 127. The van der Waals surface area contributed by atoms with Crippen molar-refractivity contribution in [2.24, 2.45) is 0 Å². The summed E-state index contributed by atoms with van der Waals surface area (Å²) in [5.74, 6) is 0. The lowest BCUT2D eigenvalue weighted by Crippen LogP contribution is -1.91. The minimum absolute atomic E-state index is 0.106. The fraction of sp³-hybridized carbons (Fsp3) is 0.111. The van der Waals surface area contributed by atoms with Crippen LogP contribution in [0, 0.1) is 3.57 Å². The fourth-order valence-corrected chi connectivity index (χ4v) is 3.17. The van der Waals surface area contributed by atoms with Gasteiger partial charge in [0.1, 0.15) is 0 Å². The van der Waals surface area contributed by atoms with Gasteiger partial charge >= 0.3 is 0 Å². The van der Waals surface area contributed by atoms with Crippen LogP contribution in [-0.4, -0.2) is 0 Å². The summed E-state index contributed by atoms with van der Waals surface area (Å²) >= 11 is 7.55. The van der Waals surface area contributed by atoms with E-state index in [0.29, 0.717) is 13.9 Å². The van der Waals surface area contributed by atoms with Gasteiger partial charge in [-0.1, -0.05) is 0 Å². The third kappa shape index (κ3) is 1.65. The Hall–Kier alpha value is 0.120. The largest absolute Gasteiger partial charge is 0.265 e. The van der Waals surface area contributed by atoms with E-state index in [1.807, 2.05) is 34.0 Å². The van der Waals surface area contributed by atoms with Crippen LogP contribution >= 0.6 is 46.6 Å². The Morgan fingerprint density at radius 1 is 1.43 bits per heavy atom. The number of halogens is 3. The van der Waals surface area contributed by atoms with Crippen LogP contribution in [0.5, 0.6) is 0 Å². The molecule has 2 rings (SSSR count). The predicted octanol–water partition coefficient (Wildman–Crippen LogP) is 4.73. The second kappa shape index (κ2) is 3.94. The molecule has 0 aliphatic rings. The first-order valence-corrected chi connectivity index (χ1v) is 6.18. The number of benzene rings is 1. The summed E-state index contributed by atoms with van der Waals surface area (Å²) in [5, 5.41) is 2.46. The molecule has 0 aliphatic carbocycles. The summed E-state index contributed by atoms with van der Waals surface area (Å²) in [6.07, 6.45) is -2.44. The van der Waals surface area contributed by atoms with Gasteiger partial charge in [-0.05, 0) is 40.1 Å². The molecule has 0 bridgehead atoms. The maximum absolute atomic E-state index is 12.8. The summed E-state index contributed by atoms with van der Waals surface area (Å²) in [4.78, 5) is 0.621. The molecule has 0 unspecified atom stereocenters. The SMILES string of the molecule is FC(F)c1c(I)c(S)cc2sccc12. The lowest BCUT2D eigenvalue weighted by molar-refractivity contribution is 0.152. The molecule has 0 atom stereocenters. The van der Waals surface area contributed by atoms with E-state index < -0.39 is 6.43 Å². The summed E-state index contributed by atoms with van der Waals surface area (Å²) < 4.78 is 27.0. The van der Waals surface area contributed by atoms with Gasteiger partial charge in [0, 0.05) is 24.1 Å². The van der Waals surface area contributed by atoms with Gasteiger partial charge in [-0.2, -0.15) is 0 Å². The van der Waals surface area contributed by atoms with Gasteiger partial charge in [0.05, 0.1) is 0 Å². The zero-order valence-electron chi connectivity index (χ0n) is 6.80. The molecule has 0 saturated carbocycles. The van der Waals surface area contributed by atoms with Gasteiger partial charge in [0.15, 0.2) is 0 Å². The fourth-order valence-electron chi connectivity index (χ4n) is 1.31. The van der Waals surface area contributed by atoms with Crippen molar-refractivity contribution in [2.75, 3.05) is 0 Å². The minimum atomic E-state index is -2.44. The zero-order chi connectivity index (χ0) is 10.3. The van der Waals surface area contributed by atoms with Crippen LogP contribution in [-0.2, 0) is 0 Å². The first-order chi connectivity index (χ1) is 6.61. The normalized spacial score (nSPS) is 11.5. The van der Waals surface area contributed by atoms with E-state index in [1.54, 1.807) is 6.07 Å². The van der Waals surface area contributed by atoms with Crippen LogP contribution in [0.15, 0.2) is 22.4 Å². The van der Waals surface area contributed by atoms with Crippen molar-refractivity contribution in [3.63, 3.8) is 0 Å². The Morgan fingerprint density at radius 2 is 2.14 bits per heavy atom. The molecule has 0 N–H and O–H groups in total. The number of thiol groups is 1. The van der Waals surface area contributed by atoms with Gasteiger partial charge in [0.2, 0.25) is 0 Å². The van der Waals surface area contributed by atoms with Crippen molar-refractivity contribution >= 4 is 56.6 Å². The Bertz CT molecular complexity index is 479.